The molecule has 0 fully saturated rings. The number of hydrogen-bond acceptors (Lipinski definition) is 3. The van der Waals surface area contributed by atoms with E-state index in [0.717, 1.165) is 5.56 Å². The highest BCUT2D eigenvalue weighted by Gasteiger charge is 2.22. The van der Waals surface area contributed by atoms with Crippen LogP contribution in [-0.4, -0.2) is 11.1 Å². The first-order chi connectivity index (χ1) is 7.20. The van der Waals surface area contributed by atoms with Gasteiger partial charge in [0.2, 0.25) is 0 Å². The van der Waals surface area contributed by atoms with Gasteiger partial charge in [-0.25, -0.2) is 4.79 Å². The van der Waals surface area contributed by atoms with Crippen LogP contribution in [0.5, 0.6) is 0 Å². The number of aliphatic carboxylic acids is 1. The van der Waals surface area contributed by atoms with Crippen LogP contribution in [-0.2, 0) is 4.79 Å². The van der Waals surface area contributed by atoms with Gasteiger partial charge in [0.25, 0.3) is 0 Å². The Morgan fingerprint density at radius 1 is 1.20 bits per heavy atom. The molecule has 0 spiro atoms. The van der Waals surface area contributed by atoms with Gasteiger partial charge in [-0.15, -0.1) is 5.11 Å². The lowest BCUT2D eigenvalue weighted by atomic mass is 10.0. The molecule has 4 nitrogen and oxygen atoms in total. The second-order valence-electron chi connectivity index (χ2n) is 3.04. The fourth-order valence-corrected chi connectivity index (χ4v) is 1.40. The van der Waals surface area contributed by atoms with E-state index in [2.05, 4.69) is 16.8 Å². The Labute approximate surface area is 86.3 Å². The average Bonchev–Trinajstić information content (AvgIpc) is 2.61. The third-order valence-electron chi connectivity index (χ3n) is 2.06. The van der Waals surface area contributed by atoms with Gasteiger partial charge < -0.3 is 5.11 Å². The summed E-state index contributed by atoms with van der Waals surface area (Å²) in [5.41, 5.74) is 1.60. The summed E-state index contributed by atoms with van der Waals surface area (Å²) in [5, 5.41) is 16.2. The number of benzene rings is 1. The second-order valence-corrected chi connectivity index (χ2v) is 3.04. The van der Waals surface area contributed by atoms with Crippen LogP contribution in [0.15, 0.2) is 58.5 Å². The van der Waals surface area contributed by atoms with Crippen LogP contribution >= 0.6 is 0 Å². The van der Waals surface area contributed by atoms with Crippen molar-refractivity contribution in [1.29, 1.82) is 0 Å². The molecule has 4 heteroatoms. The number of rotatable bonds is 2. The highest BCUT2D eigenvalue weighted by Crippen LogP contribution is 2.32. The predicted molar refractivity (Wildman–Crippen MR) is 55.0 cm³/mol. The lowest BCUT2D eigenvalue weighted by molar-refractivity contribution is -0.132. The summed E-state index contributed by atoms with van der Waals surface area (Å²) in [4.78, 5) is 10.9. The molecule has 1 aliphatic rings. The van der Waals surface area contributed by atoms with Gasteiger partial charge in [-0.3, -0.25) is 0 Å². The van der Waals surface area contributed by atoms with Crippen molar-refractivity contribution in [3.8, 4) is 0 Å². The first-order valence-electron chi connectivity index (χ1n) is 4.34. The number of hydrogen-bond donors (Lipinski definition) is 1. The van der Waals surface area contributed by atoms with Crippen LogP contribution < -0.4 is 0 Å². The lowest BCUT2D eigenvalue weighted by Gasteiger charge is -2.02. The zero-order valence-corrected chi connectivity index (χ0v) is 7.84. The van der Waals surface area contributed by atoms with Crippen LogP contribution in [0.4, 0.5) is 0 Å². The zero-order chi connectivity index (χ0) is 10.8. The molecule has 0 atom stereocenters. The Morgan fingerprint density at radius 3 is 2.47 bits per heavy atom. The van der Waals surface area contributed by atoms with Crippen LogP contribution in [0.1, 0.15) is 5.56 Å². The van der Waals surface area contributed by atoms with Gasteiger partial charge in [-0.2, -0.15) is 5.11 Å². The second kappa shape index (κ2) is 3.49. The standard InChI is InChI=1S/C11H8N2O2/c1-7-9(8-5-3-2-4-6-8)10(11(14)15)13-12-7/h2-6H,1H2,(H,14,15). The molecule has 0 bridgehead atoms. The molecule has 0 saturated carbocycles. The number of carbonyl (C=O) groups is 1. The van der Waals surface area contributed by atoms with Crippen molar-refractivity contribution < 1.29 is 9.90 Å². The quantitative estimate of drug-likeness (QED) is 0.796. The maximum atomic E-state index is 10.9. The SMILES string of the molecule is C=C1N=NC(C(=O)O)=C1c1ccccc1. The van der Waals surface area contributed by atoms with E-state index < -0.39 is 5.97 Å². The molecule has 1 aliphatic heterocycles. The van der Waals surface area contributed by atoms with Crippen LogP contribution in [0, 0.1) is 0 Å². The number of allylic oxidation sites excluding steroid dienone is 1. The molecule has 1 N–H and O–H groups in total. The molecule has 2 rings (SSSR count). The minimum atomic E-state index is -1.09. The minimum absolute atomic E-state index is 0.0498. The van der Waals surface area contributed by atoms with Crippen molar-refractivity contribution in [3.05, 3.63) is 53.9 Å². The average molecular weight is 200 g/mol. The summed E-state index contributed by atoms with van der Waals surface area (Å²) >= 11 is 0. The molecule has 1 heterocycles. The fourth-order valence-electron chi connectivity index (χ4n) is 1.40. The molecule has 0 aliphatic carbocycles. The van der Waals surface area contributed by atoms with E-state index in [1.165, 1.54) is 0 Å². The topological polar surface area (TPSA) is 62.0 Å². The number of carboxylic acids is 1. The minimum Gasteiger partial charge on any atom is -0.476 e. The number of azo groups is 1. The molecule has 0 aromatic heterocycles. The van der Waals surface area contributed by atoms with E-state index >= 15 is 0 Å². The summed E-state index contributed by atoms with van der Waals surface area (Å²) < 4.78 is 0. The smallest absolute Gasteiger partial charge is 0.357 e. The van der Waals surface area contributed by atoms with Crippen molar-refractivity contribution in [3.63, 3.8) is 0 Å². The van der Waals surface area contributed by atoms with Gasteiger partial charge >= 0.3 is 5.97 Å². The van der Waals surface area contributed by atoms with Crippen LogP contribution in [0.25, 0.3) is 5.57 Å². The van der Waals surface area contributed by atoms with Gasteiger partial charge in [-0.1, -0.05) is 36.9 Å². The molecular formula is C11H8N2O2. The number of nitrogens with zero attached hydrogens (tertiary/aromatic N) is 2. The van der Waals surface area contributed by atoms with Gasteiger partial charge in [0.15, 0.2) is 5.70 Å². The van der Waals surface area contributed by atoms with Crippen molar-refractivity contribution >= 4 is 11.5 Å². The van der Waals surface area contributed by atoms with Crippen LogP contribution in [0.3, 0.4) is 0 Å². The molecule has 0 radical (unpaired) electrons. The first-order valence-corrected chi connectivity index (χ1v) is 4.34. The number of carboxylic acid groups (broad SMARTS) is 1. The molecule has 0 amide bonds. The van der Waals surface area contributed by atoms with Crippen molar-refractivity contribution in [1.82, 2.24) is 0 Å². The van der Waals surface area contributed by atoms with E-state index in [1.807, 2.05) is 18.2 Å². The predicted octanol–water partition coefficient (Wildman–Crippen LogP) is 2.46. The van der Waals surface area contributed by atoms with Gasteiger partial charge in [0, 0.05) is 5.57 Å². The van der Waals surface area contributed by atoms with Gasteiger partial charge in [-0.05, 0) is 5.56 Å². The van der Waals surface area contributed by atoms with Crippen molar-refractivity contribution in [2.45, 2.75) is 0 Å². The van der Waals surface area contributed by atoms with E-state index in [9.17, 15) is 4.79 Å². The zero-order valence-electron chi connectivity index (χ0n) is 7.84. The van der Waals surface area contributed by atoms with Crippen molar-refractivity contribution in [2.75, 3.05) is 0 Å². The fraction of sp³-hybridized carbons (Fsp3) is 0. The molecule has 0 unspecified atom stereocenters. The van der Waals surface area contributed by atoms with Gasteiger partial charge in [0.05, 0.1) is 5.70 Å². The summed E-state index contributed by atoms with van der Waals surface area (Å²) in [6, 6.07) is 9.12. The van der Waals surface area contributed by atoms with Crippen LogP contribution in [0.2, 0.25) is 0 Å². The first kappa shape index (κ1) is 9.33. The lowest BCUT2D eigenvalue weighted by Crippen LogP contribution is -1.99. The largest absolute Gasteiger partial charge is 0.476 e. The summed E-state index contributed by atoms with van der Waals surface area (Å²) in [7, 11) is 0. The maximum absolute atomic E-state index is 10.9. The molecular weight excluding hydrogens is 192 g/mol. The monoisotopic (exact) mass is 200 g/mol. The Kier molecular flexibility index (Phi) is 2.17. The highest BCUT2D eigenvalue weighted by molar-refractivity contribution is 6.01. The molecule has 0 saturated heterocycles. The summed E-state index contributed by atoms with van der Waals surface area (Å²) in [6.07, 6.45) is 0. The summed E-state index contributed by atoms with van der Waals surface area (Å²) in [6.45, 7) is 3.66. The summed E-state index contributed by atoms with van der Waals surface area (Å²) in [5.74, 6) is -1.09. The van der Waals surface area contributed by atoms with Gasteiger partial charge in [0.1, 0.15) is 0 Å². The molecule has 74 valence electrons. The Bertz CT molecular complexity index is 487. The third kappa shape index (κ3) is 1.57. The van der Waals surface area contributed by atoms with E-state index in [1.54, 1.807) is 12.1 Å². The molecule has 15 heavy (non-hydrogen) atoms. The van der Waals surface area contributed by atoms with E-state index in [4.69, 9.17) is 5.11 Å². The molecule has 1 aromatic carbocycles. The normalized spacial score (nSPS) is 14.8. The Morgan fingerprint density at radius 2 is 1.87 bits per heavy atom. The van der Waals surface area contributed by atoms with Crippen molar-refractivity contribution in [2.24, 2.45) is 10.2 Å². The highest BCUT2D eigenvalue weighted by atomic mass is 16.4. The van der Waals surface area contributed by atoms with E-state index in [-0.39, 0.29) is 5.70 Å². The third-order valence-corrected chi connectivity index (χ3v) is 2.06. The Balaban J connectivity index is 2.57. The Hall–Kier alpha value is -2.23. The molecule has 1 aromatic rings. The maximum Gasteiger partial charge on any atom is 0.357 e. The van der Waals surface area contributed by atoms with E-state index in [0.29, 0.717) is 11.3 Å².